The average Bonchev–Trinajstić information content (AvgIpc) is 2.73. The Morgan fingerprint density at radius 2 is 1.44 bits per heavy atom. The normalized spacial score (nSPS) is 11.1. The van der Waals surface area contributed by atoms with Gasteiger partial charge < -0.3 is 4.74 Å². The molecule has 0 aliphatic carbocycles. The van der Waals surface area contributed by atoms with Gasteiger partial charge in [0.25, 0.3) is 5.91 Å². The van der Waals surface area contributed by atoms with Crippen LogP contribution in [0.4, 0.5) is 0 Å². The molecule has 0 aromatic heterocycles. The van der Waals surface area contributed by atoms with Crippen LogP contribution in [0.25, 0.3) is 11.1 Å². The van der Waals surface area contributed by atoms with Gasteiger partial charge in [-0.1, -0.05) is 54.6 Å². The molecule has 0 radical (unpaired) electrons. The Kier molecular flexibility index (Phi) is 6.00. The Labute approximate surface area is 159 Å². The standard InChI is InChI=1S/C23H22N2O2/c1-3-27-22-15-13-21(14-16-22)23(26)25-24-17(2)18-9-11-20(12-10-18)19-7-5-4-6-8-19/h4-16H,3H2,1-2H3,(H,25,26)/b24-17+. The van der Waals surface area contributed by atoms with Crippen LogP contribution in [0.5, 0.6) is 5.75 Å². The smallest absolute Gasteiger partial charge is 0.271 e. The van der Waals surface area contributed by atoms with Gasteiger partial charge in [-0.05, 0) is 54.8 Å². The van der Waals surface area contributed by atoms with Gasteiger partial charge in [-0.25, -0.2) is 5.43 Å². The van der Waals surface area contributed by atoms with Crippen molar-refractivity contribution in [2.45, 2.75) is 13.8 Å². The highest BCUT2D eigenvalue weighted by atomic mass is 16.5. The summed E-state index contributed by atoms with van der Waals surface area (Å²) < 4.78 is 5.38. The molecule has 0 saturated carbocycles. The van der Waals surface area contributed by atoms with Crippen LogP contribution in [-0.2, 0) is 0 Å². The summed E-state index contributed by atoms with van der Waals surface area (Å²) in [6.07, 6.45) is 0. The maximum atomic E-state index is 12.2. The summed E-state index contributed by atoms with van der Waals surface area (Å²) in [5, 5.41) is 4.22. The third kappa shape index (κ3) is 4.82. The summed E-state index contributed by atoms with van der Waals surface area (Å²) in [4.78, 5) is 12.2. The van der Waals surface area contributed by atoms with E-state index in [1.807, 2.05) is 44.2 Å². The summed E-state index contributed by atoms with van der Waals surface area (Å²) in [6.45, 7) is 4.39. The van der Waals surface area contributed by atoms with Crippen LogP contribution in [0, 0.1) is 0 Å². The zero-order valence-electron chi connectivity index (χ0n) is 15.5. The van der Waals surface area contributed by atoms with Crippen molar-refractivity contribution >= 4 is 11.6 Å². The number of nitrogens with one attached hydrogen (secondary N) is 1. The lowest BCUT2D eigenvalue weighted by Crippen LogP contribution is -2.19. The molecule has 0 aliphatic heterocycles. The van der Waals surface area contributed by atoms with E-state index in [1.54, 1.807) is 24.3 Å². The molecule has 0 bridgehead atoms. The first-order valence-electron chi connectivity index (χ1n) is 8.90. The van der Waals surface area contributed by atoms with Crippen LogP contribution in [0.15, 0.2) is 84.0 Å². The first kappa shape index (κ1) is 18.4. The zero-order chi connectivity index (χ0) is 19.1. The second kappa shape index (κ2) is 8.81. The highest BCUT2D eigenvalue weighted by Gasteiger charge is 2.06. The van der Waals surface area contributed by atoms with E-state index < -0.39 is 0 Å². The van der Waals surface area contributed by atoms with Crippen LogP contribution in [0.3, 0.4) is 0 Å². The summed E-state index contributed by atoms with van der Waals surface area (Å²) in [5.74, 6) is 0.491. The minimum Gasteiger partial charge on any atom is -0.494 e. The number of ether oxygens (including phenoxy) is 1. The number of benzene rings is 3. The van der Waals surface area contributed by atoms with E-state index in [9.17, 15) is 4.79 Å². The van der Waals surface area contributed by atoms with E-state index in [-0.39, 0.29) is 5.91 Å². The van der Waals surface area contributed by atoms with Crippen molar-refractivity contribution in [2.24, 2.45) is 5.10 Å². The fourth-order valence-corrected chi connectivity index (χ4v) is 2.67. The third-order valence-corrected chi connectivity index (χ3v) is 4.16. The van der Waals surface area contributed by atoms with Crippen molar-refractivity contribution in [3.8, 4) is 16.9 Å². The molecule has 136 valence electrons. The van der Waals surface area contributed by atoms with Crippen LogP contribution >= 0.6 is 0 Å². The number of rotatable bonds is 6. The molecule has 1 N–H and O–H groups in total. The van der Waals surface area contributed by atoms with Gasteiger partial charge in [-0.15, -0.1) is 0 Å². The summed E-state index contributed by atoms with van der Waals surface area (Å²) in [6, 6.07) is 25.3. The van der Waals surface area contributed by atoms with E-state index in [1.165, 1.54) is 5.56 Å². The monoisotopic (exact) mass is 358 g/mol. The van der Waals surface area contributed by atoms with Crippen molar-refractivity contribution in [3.63, 3.8) is 0 Å². The second-order valence-corrected chi connectivity index (χ2v) is 6.04. The van der Waals surface area contributed by atoms with Crippen LogP contribution in [0.1, 0.15) is 29.8 Å². The van der Waals surface area contributed by atoms with Gasteiger partial charge in [0.1, 0.15) is 5.75 Å². The van der Waals surface area contributed by atoms with Crippen molar-refractivity contribution in [2.75, 3.05) is 6.61 Å². The van der Waals surface area contributed by atoms with Gasteiger partial charge in [0.15, 0.2) is 0 Å². The molecule has 0 heterocycles. The highest BCUT2D eigenvalue weighted by molar-refractivity contribution is 6.01. The fraction of sp³-hybridized carbons (Fsp3) is 0.130. The van der Waals surface area contributed by atoms with Crippen molar-refractivity contribution in [1.82, 2.24) is 5.43 Å². The first-order chi connectivity index (χ1) is 13.2. The van der Waals surface area contributed by atoms with Gasteiger partial charge in [0.05, 0.1) is 12.3 Å². The lowest BCUT2D eigenvalue weighted by atomic mass is 10.0. The molecule has 0 aliphatic rings. The molecule has 0 atom stereocenters. The molecule has 27 heavy (non-hydrogen) atoms. The van der Waals surface area contributed by atoms with Crippen LogP contribution in [0.2, 0.25) is 0 Å². The molecule has 4 nitrogen and oxygen atoms in total. The predicted octanol–water partition coefficient (Wildman–Crippen LogP) is 4.91. The first-order valence-corrected chi connectivity index (χ1v) is 8.90. The molecule has 4 heteroatoms. The molecule has 1 amide bonds. The Hall–Kier alpha value is -3.40. The number of amides is 1. The van der Waals surface area contributed by atoms with Crippen LogP contribution in [-0.4, -0.2) is 18.2 Å². The molecule has 0 fully saturated rings. The molecule has 0 unspecified atom stereocenters. The van der Waals surface area contributed by atoms with E-state index in [0.717, 1.165) is 22.6 Å². The van der Waals surface area contributed by atoms with Crippen molar-refractivity contribution in [1.29, 1.82) is 0 Å². The predicted molar refractivity (Wildman–Crippen MR) is 109 cm³/mol. The molecular formula is C23H22N2O2. The van der Waals surface area contributed by atoms with Gasteiger partial charge in [-0.3, -0.25) is 4.79 Å². The average molecular weight is 358 g/mol. The lowest BCUT2D eigenvalue weighted by molar-refractivity contribution is 0.0955. The number of nitrogens with zero attached hydrogens (tertiary/aromatic N) is 1. The topological polar surface area (TPSA) is 50.7 Å². The SMILES string of the molecule is CCOc1ccc(C(=O)N/N=C(\C)c2ccc(-c3ccccc3)cc2)cc1. The number of carbonyl (C=O) groups is 1. The summed E-state index contributed by atoms with van der Waals surface area (Å²) >= 11 is 0. The number of hydrogen-bond donors (Lipinski definition) is 1. The fourth-order valence-electron chi connectivity index (χ4n) is 2.67. The minimum atomic E-state index is -0.252. The molecule has 3 aromatic rings. The quantitative estimate of drug-likeness (QED) is 0.503. The molecule has 3 rings (SSSR count). The van der Waals surface area contributed by atoms with E-state index in [0.29, 0.717) is 12.2 Å². The molecular weight excluding hydrogens is 336 g/mol. The number of carbonyl (C=O) groups excluding carboxylic acids is 1. The van der Waals surface area contributed by atoms with Gasteiger partial charge in [-0.2, -0.15) is 5.10 Å². The number of hydrazone groups is 1. The number of hydrogen-bond acceptors (Lipinski definition) is 3. The highest BCUT2D eigenvalue weighted by Crippen LogP contribution is 2.19. The lowest BCUT2D eigenvalue weighted by Gasteiger charge is -2.06. The Balaban J connectivity index is 1.65. The van der Waals surface area contributed by atoms with Crippen LogP contribution < -0.4 is 10.2 Å². The van der Waals surface area contributed by atoms with Crippen molar-refractivity contribution in [3.05, 3.63) is 90.0 Å². The molecule has 0 spiro atoms. The van der Waals surface area contributed by atoms with Gasteiger partial charge >= 0.3 is 0 Å². The van der Waals surface area contributed by atoms with E-state index >= 15 is 0 Å². The largest absolute Gasteiger partial charge is 0.494 e. The van der Waals surface area contributed by atoms with Crippen molar-refractivity contribution < 1.29 is 9.53 Å². The van der Waals surface area contributed by atoms with Gasteiger partial charge in [0, 0.05) is 5.56 Å². The summed E-state index contributed by atoms with van der Waals surface area (Å²) in [5.41, 5.74) is 7.16. The Morgan fingerprint density at radius 3 is 2.07 bits per heavy atom. The van der Waals surface area contributed by atoms with Gasteiger partial charge in [0.2, 0.25) is 0 Å². The summed E-state index contributed by atoms with van der Waals surface area (Å²) in [7, 11) is 0. The second-order valence-electron chi connectivity index (χ2n) is 6.04. The Morgan fingerprint density at radius 1 is 0.852 bits per heavy atom. The maximum Gasteiger partial charge on any atom is 0.271 e. The zero-order valence-corrected chi connectivity index (χ0v) is 15.5. The maximum absolute atomic E-state index is 12.2. The van der Waals surface area contributed by atoms with E-state index in [4.69, 9.17) is 4.74 Å². The molecule has 0 saturated heterocycles. The molecule has 3 aromatic carbocycles. The third-order valence-electron chi connectivity index (χ3n) is 4.16. The Bertz CT molecular complexity index is 915. The minimum absolute atomic E-state index is 0.252. The van der Waals surface area contributed by atoms with E-state index in [2.05, 4.69) is 34.8 Å².